The van der Waals surface area contributed by atoms with Crippen molar-refractivity contribution >= 4 is 17.9 Å². The molecule has 1 aromatic carbocycles. The summed E-state index contributed by atoms with van der Waals surface area (Å²) in [5, 5.41) is 8.48. The highest BCUT2D eigenvalue weighted by Crippen LogP contribution is 2.17. The summed E-state index contributed by atoms with van der Waals surface area (Å²) in [4.78, 5) is 33.3. The number of carboxylic acid groups (broad SMARTS) is 1. The number of carboxylic acids is 1. The van der Waals surface area contributed by atoms with Crippen LogP contribution < -0.4 is 9.47 Å². The zero-order valence-corrected chi connectivity index (χ0v) is 12.2. The van der Waals surface area contributed by atoms with Crippen LogP contribution in [0.3, 0.4) is 0 Å². The van der Waals surface area contributed by atoms with Crippen LogP contribution >= 0.6 is 0 Å². The minimum Gasteiger partial charge on any atom is -0.494 e. The van der Waals surface area contributed by atoms with Gasteiger partial charge in [0, 0.05) is 11.6 Å². The molecule has 118 valence electrons. The van der Waals surface area contributed by atoms with Gasteiger partial charge in [0.15, 0.2) is 6.61 Å². The molecular formula is C15H16O7. The number of carbonyl (C=O) groups is 3. The summed E-state index contributed by atoms with van der Waals surface area (Å²) in [6.45, 7) is 3.03. The highest BCUT2D eigenvalue weighted by molar-refractivity contribution is 5.95. The normalized spacial score (nSPS) is 10.7. The van der Waals surface area contributed by atoms with E-state index in [9.17, 15) is 14.4 Å². The molecule has 0 heterocycles. The third kappa shape index (κ3) is 6.08. The number of rotatable bonds is 7. The van der Waals surface area contributed by atoms with Crippen LogP contribution in [0.2, 0.25) is 0 Å². The average molecular weight is 308 g/mol. The second-order valence-electron chi connectivity index (χ2n) is 4.12. The van der Waals surface area contributed by atoms with Gasteiger partial charge in [-0.2, -0.15) is 0 Å². The molecule has 0 amide bonds. The SMILES string of the molecule is CCOc1ccc(OC(=O)COC(=O)/C(C)=C\C(=O)O)cc1. The molecule has 1 N–H and O–H groups in total. The Morgan fingerprint density at radius 2 is 1.73 bits per heavy atom. The third-order valence-corrected chi connectivity index (χ3v) is 2.35. The molecule has 7 nitrogen and oxygen atoms in total. The molecule has 22 heavy (non-hydrogen) atoms. The molecule has 0 bridgehead atoms. The van der Waals surface area contributed by atoms with Crippen molar-refractivity contribution < 1.29 is 33.7 Å². The standard InChI is InChI=1S/C15H16O7/c1-3-20-11-4-6-12(7-5-11)22-14(18)9-21-15(19)10(2)8-13(16)17/h4-8H,3,9H2,1-2H3,(H,16,17)/b10-8-. The summed E-state index contributed by atoms with van der Waals surface area (Å²) in [6.07, 6.45) is 0.695. The average Bonchev–Trinajstić information content (AvgIpc) is 2.46. The van der Waals surface area contributed by atoms with Crippen LogP contribution in [0.5, 0.6) is 11.5 Å². The molecular weight excluding hydrogens is 292 g/mol. The molecule has 0 aliphatic rings. The number of ether oxygens (including phenoxy) is 3. The fourth-order valence-electron chi connectivity index (χ4n) is 1.41. The summed E-state index contributed by atoms with van der Waals surface area (Å²) in [6, 6.07) is 6.36. The van der Waals surface area contributed by atoms with Gasteiger partial charge in [0.25, 0.3) is 0 Å². The topological polar surface area (TPSA) is 99.1 Å². The molecule has 0 spiro atoms. The van der Waals surface area contributed by atoms with Crippen LogP contribution in [0.15, 0.2) is 35.9 Å². The van der Waals surface area contributed by atoms with E-state index in [0.29, 0.717) is 18.4 Å². The first kappa shape index (κ1) is 17.2. The quantitative estimate of drug-likeness (QED) is 0.463. The number of hydrogen-bond acceptors (Lipinski definition) is 6. The maximum atomic E-state index is 11.5. The van der Waals surface area contributed by atoms with E-state index in [4.69, 9.17) is 14.6 Å². The fraction of sp³-hybridized carbons (Fsp3) is 0.267. The van der Waals surface area contributed by atoms with Crippen molar-refractivity contribution in [3.8, 4) is 11.5 Å². The molecule has 1 rings (SSSR count). The number of carbonyl (C=O) groups excluding carboxylic acids is 2. The van der Waals surface area contributed by atoms with Crippen LogP contribution in [0.25, 0.3) is 0 Å². The van der Waals surface area contributed by atoms with E-state index < -0.39 is 24.5 Å². The first-order chi connectivity index (χ1) is 10.4. The van der Waals surface area contributed by atoms with Crippen molar-refractivity contribution in [2.45, 2.75) is 13.8 Å². The lowest BCUT2D eigenvalue weighted by atomic mass is 10.3. The van der Waals surface area contributed by atoms with E-state index in [1.165, 1.54) is 6.92 Å². The van der Waals surface area contributed by atoms with Crippen LogP contribution in [0, 0.1) is 0 Å². The second kappa shape index (κ2) is 8.46. The Morgan fingerprint density at radius 1 is 1.14 bits per heavy atom. The van der Waals surface area contributed by atoms with Gasteiger partial charge in [-0.1, -0.05) is 0 Å². The van der Waals surface area contributed by atoms with Crippen LogP contribution in [-0.2, 0) is 19.1 Å². The monoisotopic (exact) mass is 308 g/mol. The van der Waals surface area contributed by atoms with Gasteiger partial charge in [-0.05, 0) is 38.1 Å². The Labute approximate surface area is 127 Å². The highest BCUT2D eigenvalue weighted by Gasteiger charge is 2.12. The van der Waals surface area contributed by atoms with Gasteiger partial charge in [0.2, 0.25) is 0 Å². The van der Waals surface area contributed by atoms with Crippen molar-refractivity contribution in [3.05, 3.63) is 35.9 Å². The molecule has 0 saturated heterocycles. The zero-order chi connectivity index (χ0) is 16.5. The molecule has 1 aromatic rings. The van der Waals surface area contributed by atoms with Gasteiger partial charge in [-0.15, -0.1) is 0 Å². The lowest BCUT2D eigenvalue weighted by molar-refractivity contribution is -0.150. The second-order valence-corrected chi connectivity index (χ2v) is 4.12. The Hall–Kier alpha value is -2.83. The van der Waals surface area contributed by atoms with Crippen molar-refractivity contribution in [1.82, 2.24) is 0 Å². The molecule has 0 aromatic heterocycles. The van der Waals surface area contributed by atoms with Gasteiger partial charge < -0.3 is 19.3 Å². The van der Waals surface area contributed by atoms with E-state index >= 15 is 0 Å². The lowest BCUT2D eigenvalue weighted by Crippen LogP contribution is -2.19. The molecule has 0 aliphatic heterocycles. The lowest BCUT2D eigenvalue weighted by Gasteiger charge is -2.07. The highest BCUT2D eigenvalue weighted by atomic mass is 16.6. The van der Waals surface area contributed by atoms with Crippen molar-refractivity contribution in [2.24, 2.45) is 0 Å². The molecule has 0 unspecified atom stereocenters. The molecule has 7 heteroatoms. The Balaban J connectivity index is 2.46. The van der Waals surface area contributed by atoms with E-state index in [2.05, 4.69) is 4.74 Å². The number of hydrogen-bond donors (Lipinski definition) is 1. The number of aliphatic carboxylic acids is 1. The molecule has 0 saturated carbocycles. The van der Waals surface area contributed by atoms with Gasteiger partial charge in [0.1, 0.15) is 11.5 Å². The molecule has 0 atom stereocenters. The first-order valence-electron chi connectivity index (χ1n) is 6.44. The molecule has 0 fully saturated rings. The van der Waals surface area contributed by atoms with Crippen LogP contribution in [0.4, 0.5) is 0 Å². The van der Waals surface area contributed by atoms with Gasteiger partial charge in [-0.25, -0.2) is 14.4 Å². The predicted molar refractivity (Wildman–Crippen MR) is 75.6 cm³/mol. The van der Waals surface area contributed by atoms with Gasteiger partial charge >= 0.3 is 17.9 Å². The predicted octanol–water partition coefficient (Wildman–Crippen LogP) is 1.56. The van der Waals surface area contributed by atoms with E-state index in [1.807, 2.05) is 6.92 Å². The van der Waals surface area contributed by atoms with Crippen molar-refractivity contribution in [1.29, 1.82) is 0 Å². The summed E-state index contributed by atoms with van der Waals surface area (Å²) < 4.78 is 14.8. The fourth-order valence-corrected chi connectivity index (χ4v) is 1.41. The molecule has 0 aliphatic carbocycles. The summed E-state index contributed by atoms with van der Waals surface area (Å²) >= 11 is 0. The Kier molecular flexibility index (Phi) is 6.62. The number of benzene rings is 1. The maximum absolute atomic E-state index is 11.5. The maximum Gasteiger partial charge on any atom is 0.349 e. The van der Waals surface area contributed by atoms with Crippen molar-refractivity contribution in [3.63, 3.8) is 0 Å². The van der Waals surface area contributed by atoms with Crippen LogP contribution in [-0.4, -0.2) is 36.2 Å². The van der Waals surface area contributed by atoms with E-state index in [1.54, 1.807) is 24.3 Å². The zero-order valence-electron chi connectivity index (χ0n) is 12.2. The third-order valence-electron chi connectivity index (χ3n) is 2.35. The minimum absolute atomic E-state index is 0.124. The van der Waals surface area contributed by atoms with Gasteiger partial charge in [-0.3, -0.25) is 0 Å². The summed E-state index contributed by atoms with van der Waals surface area (Å²) in [5.74, 6) is -2.02. The van der Waals surface area contributed by atoms with Crippen molar-refractivity contribution in [2.75, 3.05) is 13.2 Å². The summed E-state index contributed by atoms with van der Waals surface area (Å²) in [5.41, 5.74) is -0.124. The Morgan fingerprint density at radius 3 is 2.27 bits per heavy atom. The van der Waals surface area contributed by atoms with E-state index in [0.717, 1.165) is 0 Å². The van der Waals surface area contributed by atoms with Gasteiger partial charge in [0.05, 0.1) is 6.61 Å². The van der Waals surface area contributed by atoms with E-state index in [-0.39, 0.29) is 11.3 Å². The summed E-state index contributed by atoms with van der Waals surface area (Å²) in [7, 11) is 0. The minimum atomic E-state index is -1.27. The first-order valence-corrected chi connectivity index (χ1v) is 6.44. The number of esters is 2. The smallest absolute Gasteiger partial charge is 0.349 e. The Bertz CT molecular complexity index is 572. The molecule has 0 radical (unpaired) electrons. The van der Waals surface area contributed by atoms with Crippen LogP contribution in [0.1, 0.15) is 13.8 Å². The largest absolute Gasteiger partial charge is 0.494 e.